The number of halogens is 1. The van der Waals surface area contributed by atoms with Gasteiger partial charge in [0, 0.05) is 56.1 Å². The summed E-state index contributed by atoms with van der Waals surface area (Å²) in [6.07, 6.45) is 4.66. The lowest BCUT2D eigenvalue weighted by Crippen LogP contribution is -2.50. The zero-order valence-corrected chi connectivity index (χ0v) is 21.2. The second kappa shape index (κ2) is 9.79. The van der Waals surface area contributed by atoms with Gasteiger partial charge in [-0.05, 0) is 55.5 Å². The monoisotopic (exact) mass is 526 g/mol. The van der Waals surface area contributed by atoms with Crippen molar-refractivity contribution >= 4 is 49.9 Å². The minimum Gasteiger partial charge on any atom is -0.368 e. The summed E-state index contributed by atoms with van der Waals surface area (Å²) in [5, 5.41) is 1.60. The Hall–Kier alpha value is -3.63. The Balaban J connectivity index is 0.00000320. The number of amides is 1. The summed E-state index contributed by atoms with van der Waals surface area (Å²) in [5.74, 6) is 0.268. The average molecular weight is 527 g/mol. The molecule has 0 radical (unpaired) electrons. The van der Waals surface area contributed by atoms with E-state index in [1.165, 1.54) is 18.6 Å². The van der Waals surface area contributed by atoms with Crippen molar-refractivity contribution in [1.82, 2.24) is 19.4 Å². The van der Waals surface area contributed by atoms with Gasteiger partial charge in [0.1, 0.15) is 18.2 Å². The van der Waals surface area contributed by atoms with Gasteiger partial charge in [0.2, 0.25) is 5.91 Å². The van der Waals surface area contributed by atoms with E-state index >= 15 is 0 Å². The zero-order chi connectivity index (χ0) is 25.3. The van der Waals surface area contributed by atoms with E-state index in [0.29, 0.717) is 31.2 Å². The molecule has 0 aliphatic carbocycles. The Kier molecular flexibility index (Phi) is 6.55. The third kappa shape index (κ3) is 4.74. The average Bonchev–Trinajstić information content (AvgIpc) is 3.34. The minimum absolute atomic E-state index is 0. The maximum Gasteiger partial charge on any atom is 0.263 e. The van der Waals surface area contributed by atoms with Crippen LogP contribution in [0.4, 0.5) is 11.5 Å². The number of aromatic nitrogens is 3. The van der Waals surface area contributed by atoms with Crippen LogP contribution in [0.15, 0.2) is 78.2 Å². The first-order valence-corrected chi connectivity index (χ1v) is 13.4. The first-order chi connectivity index (χ1) is 17.3. The SMILES string of the molecule is CC(C(=O)N1CCN(c2ccc(S(=O)(=O)Nc3ccncn3)cc2)CC1)n1ccc2c(Cl)cccc21.[HH]. The molecule has 11 heteroatoms. The van der Waals surface area contributed by atoms with Crippen LogP contribution >= 0.6 is 11.6 Å². The van der Waals surface area contributed by atoms with Gasteiger partial charge in [0.25, 0.3) is 10.0 Å². The van der Waals surface area contributed by atoms with Crippen molar-refractivity contribution in [3.63, 3.8) is 0 Å². The Morgan fingerprint density at radius 1 is 1.06 bits per heavy atom. The van der Waals surface area contributed by atoms with Crippen LogP contribution in [0, 0.1) is 0 Å². The molecular formula is C25H27ClN6O3S. The first-order valence-electron chi connectivity index (χ1n) is 11.5. The fourth-order valence-electron chi connectivity index (χ4n) is 4.44. The smallest absolute Gasteiger partial charge is 0.263 e. The van der Waals surface area contributed by atoms with Crippen LogP contribution in [0.3, 0.4) is 0 Å². The number of anilines is 2. The van der Waals surface area contributed by atoms with Gasteiger partial charge in [-0.25, -0.2) is 18.4 Å². The molecule has 1 saturated heterocycles. The highest BCUT2D eigenvalue weighted by Crippen LogP contribution is 2.28. The maximum atomic E-state index is 13.2. The van der Waals surface area contributed by atoms with Crippen LogP contribution in [0.5, 0.6) is 0 Å². The van der Waals surface area contributed by atoms with E-state index in [2.05, 4.69) is 19.6 Å². The normalized spacial score (nSPS) is 15.2. The highest BCUT2D eigenvalue weighted by molar-refractivity contribution is 7.92. The van der Waals surface area contributed by atoms with Crippen molar-refractivity contribution in [3.05, 3.63) is 78.3 Å². The van der Waals surface area contributed by atoms with E-state index in [1.807, 2.05) is 46.9 Å². The van der Waals surface area contributed by atoms with Gasteiger partial charge in [-0.15, -0.1) is 0 Å². The maximum absolute atomic E-state index is 13.2. The van der Waals surface area contributed by atoms with E-state index in [-0.39, 0.29) is 24.1 Å². The number of hydrogen-bond acceptors (Lipinski definition) is 6. The predicted octanol–water partition coefficient (Wildman–Crippen LogP) is 4.04. The number of rotatable bonds is 6. The molecule has 3 heterocycles. The molecule has 1 fully saturated rings. The second-order valence-electron chi connectivity index (χ2n) is 8.58. The molecule has 0 bridgehead atoms. The molecule has 1 amide bonds. The van der Waals surface area contributed by atoms with Crippen LogP contribution in [0.2, 0.25) is 5.02 Å². The molecule has 188 valence electrons. The summed E-state index contributed by atoms with van der Waals surface area (Å²) >= 11 is 6.29. The number of sulfonamides is 1. The summed E-state index contributed by atoms with van der Waals surface area (Å²) in [6.45, 7) is 4.38. The summed E-state index contributed by atoms with van der Waals surface area (Å²) in [5.41, 5.74) is 1.84. The molecular weight excluding hydrogens is 500 g/mol. The molecule has 36 heavy (non-hydrogen) atoms. The zero-order valence-electron chi connectivity index (χ0n) is 19.6. The lowest BCUT2D eigenvalue weighted by molar-refractivity contribution is -0.134. The number of piperazine rings is 1. The molecule has 5 rings (SSSR count). The van der Waals surface area contributed by atoms with Crippen molar-refractivity contribution in [2.24, 2.45) is 0 Å². The Labute approximate surface area is 215 Å². The van der Waals surface area contributed by atoms with Crippen LogP contribution in [-0.4, -0.2) is 59.9 Å². The molecule has 4 aromatic rings. The molecule has 2 aromatic carbocycles. The number of carbonyl (C=O) groups is 1. The predicted molar refractivity (Wildman–Crippen MR) is 142 cm³/mol. The fraction of sp³-hybridized carbons (Fsp3) is 0.240. The molecule has 1 aliphatic rings. The standard InChI is InChI=1S/C25H25ClN6O3S.H2/c1-18(32-12-10-21-22(26)3-2-4-23(21)32)25(33)31-15-13-30(14-16-31)19-5-7-20(8-6-19)36(34,35)29-24-9-11-27-17-28-24;/h2-12,17-18H,13-16H2,1H3,(H,27,28,29);1H. The highest BCUT2D eigenvalue weighted by atomic mass is 35.5. The second-order valence-corrected chi connectivity index (χ2v) is 10.7. The highest BCUT2D eigenvalue weighted by Gasteiger charge is 2.27. The quantitative estimate of drug-likeness (QED) is 0.407. The summed E-state index contributed by atoms with van der Waals surface area (Å²) in [6, 6.07) is 15.5. The van der Waals surface area contributed by atoms with E-state index in [4.69, 9.17) is 11.6 Å². The molecule has 1 aliphatic heterocycles. The number of fused-ring (bicyclic) bond motifs is 1. The van der Waals surface area contributed by atoms with Gasteiger partial charge in [-0.1, -0.05) is 17.7 Å². The lowest BCUT2D eigenvalue weighted by atomic mass is 10.2. The number of benzene rings is 2. The third-order valence-corrected chi connectivity index (χ3v) is 8.11. The lowest BCUT2D eigenvalue weighted by Gasteiger charge is -2.37. The van der Waals surface area contributed by atoms with Gasteiger partial charge in [0.05, 0.1) is 10.4 Å². The molecule has 9 nitrogen and oxygen atoms in total. The summed E-state index contributed by atoms with van der Waals surface area (Å²) in [7, 11) is -3.75. The Morgan fingerprint density at radius 2 is 1.81 bits per heavy atom. The van der Waals surface area contributed by atoms with Crippen molar-refractivity contribution in [2.45, 2.75) is 17.9 Å². The molecule has 1 atom stereocenters. The topological polar surface area (TPSA) is 100 Å². The van der Waals surface area contributed by atoms with Crippen LogP contribution < -0.4 is 9.62 Å². The Morgan fingerprint density at radius 3 is 2.50 bits per heavy atom. The van der Waals surface area contributed by atoms with Crippen molar-refractivity contribution in [1.29, 1.82) is 0 Å². The number of nitrogens with one attached hydrogen (secondary N) is 1. The Bertz CT molecular complexity index is 1490. The number of hydrogen-bond donors (Lipinski definition) is 1. The minimum atomic E-state index is -3.75. The van der Waals surface area contributed by atoms with Gasteiger partial charge >= 0.3 is 0 Å². The van der Waals surface area contributed by atoms with Crippen molar-refractivity contribution < 1.29 is 14.6 Å². The van der Waals surface area contributed by atoms with E-state index < -0.39 is 10.0 Å². The van der Waals surface area contributed by atoms with E-state index in [9.17, 15) is 13.2 Å². The largest absolute Gasteiger partial charge is 0.368 e. The van der Waals surface area contributed by atoms with Gasteiger partial charge in [-0.2, -0.15) is 0 Å². The fourth-order valence-corrected chi connectivity index (χ4v) is 5.68. The first kappa shape index (κ1) is 24.1. The molecule has 1 unspecified atom stereocenters. The molecule has 2 aromatic heterocycles. The van der Waals surface area contributed by atoms with Crippen LogP contribution in [0.1, 0.15) is 14.4 Å². The van der Waals surface area contributed by atoms with Gasteiger partial charge < -0.3 is 14.4 Å². The third-order valence-electron chi connectivity index (χ3n) is 6.41. The van der Waals surface area contributed by atoms with Gasteiger partial charge in [0.15, 0.2) is 0 Å². The van der Waals surface area contributed by atoms with Crippen LogP contribution in [-0.2, 0) is 14.8 Å². The van der Waals surface area contributed by atoms with E-state index in [1.54, 1.807) is 24.3 Å². The summed E-state index contributed by atoms with van der Waals surface area (Å²) < 4.78 is 29.7. The van der Waals surface area contributed by atoms with Crippen molar-refractivity contribution in [3.8, 4) is 0 Å². The molecule has 0 spiro atoms. The van der Waals surface area contributed by atoms with E-state index in [0.717, 1.165) is 16.6 Å². The number of carbonyl (C=O) groups excluding carboxylic acids is 1. The van der Waals surface area contributed by atoms with Gasteiger partial charge in [-0.3, -0.25) is 9.52 Å². The molecule has 0 saturated carbocycles. The van der Waals surface area contributed by atoms with Crippen molar-refractivity contribution in [2.75, 3.05) is 35.8 Å². The molecule has 1 N–H and O–H groups in total. The number of nitrogens with zero attached hydrogens (tertiary/aromatic N) is 5. The summed E-state index contributed by atoms with van der Waals surface area (Å²) in [4.78, 5) is 25.1. The van der Waals surface area contributed by atoms with Crippen LogP contribution in [0.25, 0.3) is 10.9 Å².